The number of benzene rings is 2. The third kappa shape index (κ3) is 5.23. The van der Waals surface area contributed by atoms with Gasteiger partial charge in [-0.1, -0.05) is 17.7 Å². The van der Waals surface area contributed by atoms with Gasteiger partial charge in [0.25, 0.3) is 5.91 Å². The van der Waals surface area contributed by atoms with Crippen LogP contribution in [0.1, 0.15) is 12.0 Å². The smallest absolute Gasteiger partial charge is 0.262 e. The summed E-state index contributed by atoms with van der Waals surface area (Å²) >= 11 is 0. The van der Waals surface area contributed by atoms with Crippen molar-refractivity contribution in [1.82, 2.24) is 0 Å². The van der Waals surface area contributed by atoms with Crippen LogP contribution in [0.2, 0.25) is 0 Å². The van der Waals surface area contributed by atoms with Gasteiger partial charge in [0.1, 0.15) is 5.75 Å². The number of hydrogen-bond acceptors (Lipinski definition) is 5. The Hall–Kier alpha value is -2.54. The summed E-state index contributed by atoms with van der Waals surface area (Å²) in [6.07, 6.45) is 0.622. The number of aryl methyl sites for hydroxylation is 1. The Morgan fingerprint density at radius 3 is 2.35 bits per heavy atom. The monoisotopic (exact) mass is 374 g/mol. The summed E-state index contributed by atoms with van der Waals surface area (Å²) < 4.78 is 28.4. The molecular weight excluding hydrogens is 352 g/mol. The van der Waals surface area contributed by atoms with Gasteiger partial charge in [-0.3, -0.25) is 4.79 Å². The Balaban J connectivity index is 1.47. The van der Waals surface area contributed by atoms with Crippen LogP contribution in [0.4, 0.5) is 11.4 Å². The van der Waals surface area contributed by atoms with Gasteiger partial charge >= 0.3 is 0 Å². The average molecular weight is 374 g/mol. The van der Waals surface area contributed by atoms with E-state index in [-0.39, 0.29) is 30.1 Å². The van der Waals surface area contributed by atoms with Crippen molar-refractivity contribution in [2.24, 2.45) is 0 Å². The minimum absolute atomic E-state index is 0.0525. The Bertz CT molecular complexity index is 861. The molecule has 0 radical (unpaired) electrons. The van der Waals surface area contributed by atoms with Crippen LogP contribution in [0.5, 0.6) is 5.75 Å². The molecule has 1 atom stereocenters. The highest BCUT2D eigenvalue weighted by atomic mass is 32.2. The van der Waals surface area contributed by atoms with E-state index in [0.29, 0.717) is 17.9 Å². The van der Waals surface area contributed by atoms with Crippen LogP contribution in [0.25, 0.3) is 0 Å². The number of rotatable bonds is 6. The summed E-state index contributed by atoms with van der Waals surface area (Å²) in [5.41, 5.74) is 2.62. The lowest BCUT2D eigenvalue weighted by Gasteiger charge is -2.13. The van der Waals surface area contributed by atoms with Crippen molar-refractivity contribution in [3.05, 3.63) is 54.1 Å². The number of nitrogens with one attached hydrogen (secondary N) is 2. The molecule has 1 saturated heterocycles. The SMILES string of the molecule is Cc1ccc(OCC(=O)Nc2ccc(NC3CCS(=O)(=O)C3)cc2)cc1. The minimum atomic E-state index is -2.90. The molecule has 2 aromatic rings. The van der Waals surface area contributed by atoms with Crippen molar-refractivity contribution < 1.29 is 17.9 Å². The maximum absolute atomic E-state index is 12.0. The fraction of sp³-hybridized carbons (Fsp3) is 0.316. The number of sulfone groups is 1. The number of anilines is 2. The Labute approximate surface area is 153 Å². The molecule has 1 unspecified atom stereocenters. The largest absolute Gasteiger partial charge is 0.484 e. The van der Waals surface area contributed by atoms with E-state index >= 15 is 0 Å². The van der Waals surface area contributed by atoms with E-state index in [1.807, 2.05) is 43.3 Å². The number of amides is 1. The average Bonchev–Trinajstić information content (AvgIpc) is 2.95. The molecule has 3 rings (SSSR count). The molecular formula is C19H22N2O4S. The highest BCUT2D eigenvalue weighted by Crippen LogP contribution is 2.19. The fourth-order valence-electron chi connectivity index (χ4n) is 2.77. The molecule has 0 aliphatic carbocycles. The van der Waals surface area contributed by atoms with Gasteiger partial charge in [-0.05, 0) is 49.7 Å². The van der Waals surface area contributed by atoms with Crippen LogP contribution in [-0.2, 0) is 14.6 Å². The third-order valence-electron chi connectivity index (χ3n) is 4.16. The standard InChI is InChI=1S/C19H22N2O4S/c1-14-2-8-18(9-3-14)25-12-19(22)21-16-6-4-15(5-7-16)20-17-10-11-26(23,24)13-17/h2-9,17,20H,10-13H2,1H3,(H,21,22). The van der Waals surface area contributed by atoms with Crippen LogP contribution in [-0.4, -0.2) is 38.5 Å². The van der Waals surface area contributed by atoms with Crippen molar-refractivity contribution in [1.29, 1.82) is 0 Å². The molecule has 0 spiro atoms. The van der Waals surface area contributed by atoms with Gasteiger partial charge in [-0.25, -0.2) is 8.42 Å². The predicted octanol–water partition coefficient (Wildman–Crippen LogP) is 2.61. The highest BCUT2D eigenvalue weighted by Gasteiger charge is 2.27. The van der Waals surface area contributed by atoms with Gasteiger partial charge in [0, 0.05) is 17.4 Å². The first-order chi connectivity index (χ1) is 12.4. The summed E-state index contributed by atoms with van der Waals surface area (Å²) in [4.78, 5) is 12.0. The maximum Gasteiger partial charge on any atom is 0.262 e. The lowest BCUT2D eigenvalue weighted by molar-refractivity contribution is -0.118. The lowest BCUT2D eigenvalue weighted by Crippen LogP contribution is -2.21. The molecule has 0 aromatic heterocycles. The van der Waals surface area contributed by atoms with E-state index in [1.54, 1.807) is 12.1 Å². The van der Waals surface area contributed by atoms with E-state index in [4.69, 9.17) is 4.74 Å². The molecule has 1 amide bonds. The van der Waals surface area contributed by atoms with Gasteiger partial charge in [0.15, 0.2) is 16.4 Å². The summed E-state index contributed by atoms with van der Waals surface area (Å²) in [6, 6.07) is 14.6. The minimum Gasteiger partial charge on any atom is -0.484 e. The molecule has 0 saturated carbocycles. The predicted molar refractivity (Wildman–Crippen MR) is 102 cm³/mol. The Kier molecular flexibility index (Phi) is 5.46. The second kappa shape index (κ2) is 7.78. The molecule has 1 fully saturated rings. The van der Waals surface area contributed by atoms with Crippen molar-refractivity contribution in [3.63, 3.8) is 0 Å². The number of ether oxygens (including phenoxy) is 1. The van der Waals surface area contributed by atoms with Gasteiger partial charge in [0.2, 0.25) is 0 Å². The topological polar surface area (TPSA) is 84.5 Å². The van der Waals surface area contributed by atoms with Crippen LogP contribution in [0.3, 0.4) is 0 Å². The highest BCUT2D eigenvalue weighted by molar-refractivity contribution is 7.91. The molecule has 6 nitrogen and oxygen atoms in total. The first-order valence-corrected chi connectivity index (χ1v) is 10.3. The normalized spacial score (nSPS) is 18.3. The molecule has 26 heavy (non-hydrogen) atoms. The van der Waals surface area contributed by atoms with Crippen molar-refractivity contribution in [3.8, 4) is 5.75 Å². The molecule has 2 aromatic carbocycles. The zero-order valence-electron chi connectivity index (χ0n) is 14.6. The van der Waals surface area contributed by atoms with Crippen LogP contribution >= 0.6 is 0 Å². The van der Waals surface area contributed by atoms with E-state index < -0.39 is 9.84 Å². The molecule has 1 heterocycles. The molecule has 2 N–H and O–H groups in total. The second-order valence-electron chi connectivity index (χ2n) is 6.47. The number of hydrogen-bond donors (Lipinski definition) is 2. The summed E-state index contributed by atoms with van der Waals surface area (Å²) in [7, 11) is -2.90. The van der Waals surface area contributed by atoms with E-state index in [9.17, 15) is 13.2 Å². The molecule has 1 aliphatic heterocycles. The van der Waals surface area contributed by atoms with Crippen molar-refractivity contribution in [2.45, 2.75) is 19.4 Å². The quantitative estimate of drug-likeness (QED) is 0.812. The lowest BCUT2D eigenvalue weighted by atomic mass is 10.2. The number of carbonyl (C=O) groups excluding carboxylic acids is 1. The molecule has 138 valence electrons. The molecule has 7 heteroatoms. The van der Waals surface area contributed by atoms with Gasteiger partial charge in [-0.2, -0.15) is 0 Å². The first-order valence-electron chi connectivity index (χ1n) is 8.46. The fourth-order valence-corrected chi connectivity index (χ4v) is 4.45. The zero-order valence-corrected chi connectivity index (χ0v) is 15.4. The summed E-state index contributed by atoms with van der Waals surface area (Å²) in [5.74, 6) is 0.812. The van der Waals surface area contributed by atoms with Gasteiger partial charge in [0.05, 0.1) is 11.5 Å². The Morgan fingerprint density at radius 2 is 1.73 bits per heavy atom. The van der Waals surface area contributed by atoms with E-state index in [1.165, 1.54) is 0 Å². The molecule has 0 bridgehead atoms. The summed E-state index contributed by atoms with van der Waals surface area (Å²) in [6.45, 7) is 1.92. The van der Waals surface area contributed by atoms with Crippen LogP contribution in [0, 0.1) is 6.92 Å². The van der Waals surface area contributed by atoms with Gasteiger partial charge < -0.3 is 15.4 Å². The molecule has 1 aliphatic rings. The van der Waals surface area contributed by atoms with Crippen LogP contribution < -0.4 is 15.4 Å². The van der Waals surface area contributed by atoms with Gasteiger partial charge in [-0.15, -0.1) is 0 Å². The van der Waals surface area contributed by atoms with Crippen LogP contribution in [0.15, 0.2) is 48.5 Å². The number of carbonyl (C=O) groups is 1. The van der Waals surface area contributed by atoms with Crippen molar-refractivity contribution >= 4 is 27.1 Å². The summed E-state index contributed by atoms with van der Waals surface area (Å²) in [5, 5.41) is 5.98. The third-order valence-corrected chi connectivity index (χ3v) is 5.93. The van der Waals surface area contributed by atoms with Crippen molar-refractivity contribution in [2.75, 3.05) is 28.7 Å². The zero-order chi connectivity index (χ0) is 18.6. The maximum atomic E-state index is 12.0. The first kappa shape index (κ1) is 18.3. The Morgan fingerprint density at radius 1 is 1.08 bits per heavy atom. The second-order valence-corrected chi connectivity index (χ2v) is 8.70. The van der Waals surface area contributed by atoms with E-state index in [0.717, 1.165) is 11.3 Å². The van der Waals surface area contributed by atoms with E-state index in [2.05, 4.69) is 10.6 Å².